The predicted molar refractivity (Wildman–Crippen MR) is 121 cm³/mol. The molecule has 0 spiro atoms. The minimum atomic E-state index is -3.35. The normalized spacial score (nSPS) is 16.4. The van der Waals surface area contributed by atoms with Crippen molar-refractivity contribution in [1.82, 2.24) is 9.21 Å². The van der Waals surface area contributed by atoms with Gasteiger partial charge in [0.15, 0.2) is 0 Å². The van der Waals surface area contributed by atoms with Crippen LogP contribution in [0.5, 0.6) is 0 Å². The second-order valence-corrected chi connectivity index (χ2v) is 10.8. The number of benzene rings is 2. The zero-order valence-electron chi connectivity index (χ0n) is 18.0. The van der Waals surface area contributed by atoms with Gasteiger partial charge in [-0.05, 0) is 28.7 Å². The van der Waals surface area contributed by atoms with E-state index in [-0.39, 0.29) is 23.6 Å². The molecule has 0 aliphatic carbocycles. The Balaban J connectivity index is 1.47. The lowest BCUT2D eigenvalue weighted by molar-refractivity contribution is -0.117. The Morgan fingerprint density at radius 3 is 2.10 bits per heavy atom. The lowest BCUT2D eigenvalue weighted by atomic mass is 9.87. The first-order valence-electron chi connectivity index (χ1n) is 10.3. The highest BCUT2D eigenvalue weighted by Gasteiger charge is 2.27. The number of carbonyl (C=O) groups excluding carboxylic acids is 1. The monoisotopic (exact) mass is 429 g/mol. The number of sulfonamides is 1. The van der Waals surface area contributed by atoms with Gasteiger partial charge in [-0.25, -0.2) is 8.42 Å². The van der Waals surface area contributed by atoms with Gasteiger partial charge in [0.1, 0.15) is 0 Å². The van der Waals surface area contributed by atoms with E-state index in [2.05, 4.69) is 26.1 Å². The summed E-state index contributed by atoms with van der Waals surface area (Å²) in [6, 6.07) is 17.1. The maximum Gasteiger partial charge on any atom is 0.238 e. The predicted octanol–water partition coefficient (Wildman–Crippen LogP) is 3.07. The highest BCUT2D eigenvalue weighted by atomic mass is 32.2. The van der Waals surface area contributed by atoms with Crippen molar-refractivity contribution in [2.24, 2.45) is 0 Å². The van der Waals surface area contributed by atoms with Gasteiger partial charge in [-0.1, -0.05) is 63.2 Å². The Kier molecular flexibility index (Phi) is 6.95. The van der Waals surface area contributed by atoms with Gasteiger partial charge in [-0.15, -0.1) is 0 Å². The maximum absolute atomic E-state index is 12.7. The zero-order chi connectivity index (χ0) is 21.8. The first kappa shape index (κ1) is 22.5. The molecule has 0 atom stereocenters. The standard InChI is InChI=1S/C23H31N3O3S/c1-23(2,3)20-9-11-21(12-10-20)24-22(27)17-25-13-15-26(16-14-25)30(28,29)18-19-7-5-4-6-8-19/h4-12H,13-18H2,1-3H3,(H,24,27). The highest BCUT2D eigenvalue weighted by molar-refractivity contribution is 7.88. The number of piperazine rings is 1. The lowest BCUT2D eigenvalue weighted by Crippen LogP contribution is -2.50. The molecule has 30 heavy (non-hydrogen) atoms. The van der Waals surface area contributed by atoms with Crippen molar-refractivity contribution < 1.29 is 13.2 Å². The van der Waals surface area contributed by atoms with E-state index in [1.54, 1.807) is 0 Å². The molecule has 162 valence electrons. The van der Waals surface area contributed by atoms with Crippen molar-refractivity contribution in [1.29, 1.82) is 0 Å². The van der Waals surface area contributed by atoms with Gasteiger partial charge in [0, 0.05) is 31.9 Å². The van der Waals surface area contributed by atoms with Crippen molar-refractivity contribution in [2.75, 3.05) is 38.0 Å². The second-order valence-electron chi connectivity index (χ2n) is 8.79. The third-order valence-electron chi connectivity index (χ3n) is 5.32. The third-order valence-corrected chi connectivity index (χ3v) is 7.17. The topological polar surface area (TPSA) is 69.7 Å². The number of nitrogens with one attached hydrogen (secondary N) is 1. The van der Waals surface area contributed by atoms with Crippen LogP contribution in [0.15, 0.2) is 54.6 Å². The van der Waals surface area contributed by atoms with Gasteiger partial charge in [0.25, 0.3) is 0 Å². The third kappa shape index (κ3) is 6.14. The molecule has 1 N–H and O–H groups in total. The summed E-state index contributed by atoms with van der Waals surface area (Å²) in [5, 5.41) is 2.93. The average molecular weight is 430 g/mol. The molecule has 6 nitrogen and oxygen atoms in total. The van der Waals surface area contributed by atoms with E-state index in [0.717, 1.165) is 11.3 Å². The minimum Gasteiger partial charge on any atom is -0.325 e. The zero-order valence-corrected chi connectivity index (χ0v) is 18.8. The number of anilines is 1. The molecule has 1 amide bonds. The van der Waals surface area contributed by atoms with Crippen molar-refractivity contribution in [3.8, 4) is 0 Å². The molecule has 1 saturated heterocycles. The van der Waals surface area contributed by atoms with E-state index < -0.39 is 10.0 Å². The Hall–Kier alpha value is -2.22. The Morgan fingerprint density at radius 2 is 1.53 bits per heavy atom. The Morgan fingerprint density at radius 1 is 0.933 bits per heavy atom. The van der Waals surface area contributed by atoms with Gasteiger partial charge in [-0.3, -0.25) is 9.69 Å². The molecule has 0 saturated carbocycles. The molecule has 1 aliphatic rings. The van der Waals surface area contributed by atoms with Gasteiger partial charge in [0.2, 0.25) is 15.9 Å². The molecule has 7 heteroatoms. The lowest BCUT2D eigenvalue weighted by Gasteiger charge is -2.33. The van der Waals surface area contributed by atoms with Crippen molar-refractivity contribution in [3.05, 3.63) is 65.7 Å². The number of hydrogen-bond acceptors (Lipinski definition) is 4. The van der Waals surface area contributed by atoms with Gasteiger partial charge >= 0.3 is 0 Å². The van der Waals surface area contributed by atoms with Crippen LogP contribution in [-0.4, -0.2) is 56.3 Å². The van der Waals surface area contributed by atoms with E-state index in [9.17, 15) is 13.2 Å². The van der Waals surface area contributed by atoms with Crippen molar-refractivity contribution in [2.45, 2.75) is 31.9 Å². The van der Waals surface area contributed by atoms with E-state index >= 15 is 0 Å². The summed E-state index contributed by atoms with van der Waals surface area (Å²) < 4.78 is 26.8. The molecule has 0 bridgehead atoms. The van der Waals surface area contributed by atoms with Crippen LogP contribution < -0.4 is 5.32 Å². The fourth-order valence-electron chi connectivity index (χ4n) is 3.50. The molecule has 2 aromatic carbocycles. The molecule has 0 aromatic heterocycles. The number of rotatable bonds is 6. The van der Waals surface area contributed by atoms with Crippen LogP contribution in [0.3, 0.4) is 0 Å². The molecular weight excluding hydrogens is 398 g/mol. The fraction of sp³-hybridized carbons (Fsp3) is 0.435. The van der Waals surface area contributed by atoms with Crippen LogP contribution in [0.1, 0.15) is 31.9 Å². The van der Waals surface area contributed by atoms with Crippen molar-refractivity contribution >= 4 is 21.6 Å². The molecule has 2 aromatic rings. The quantitative estimate of drug-likeness (QED) is 0.766. The summed E-state index contributed by atoms with van der Waals surface area (Å²) in [7, 11) is -3.35. The van der Waals surface area contributed by atoms with Gasteiger partial charge < -0.3 is 5.32 Å². The number of nitrogens with zero attached hydrogens (tertiary/aromatic N) is 2. The number of amides is 1. The second kappa shape index (κ2) is 9.29. The molecule has 0 unspecified atom stereocenters. The summed E-state index contributed by atoms with van der Waals surface area (Å²) in [6.07, 6.45) is 0. The number of carbonyl (C=O) groups is 1. The van der Waals surface area contributed by atoms with E-state index in [1.165, 1.54) is 9.87 Å². The molecular formula is C23H31N3O3S. The molecule has 1 fully saturated rings. The molecule has 1 aliphatic heterocycles. The average Bonchev–Trinajstić information content (AvgIpc) is 2.68. The SMILES string of the molecule is CC(C)(C)c1ccc(NC(=O)CN2CCN(S(=O)(=O)Cc3ccccc3)CC2)cc1. The molecule has 3 rings (SSSR count). The number of hydrogen-bond donors (Lipinski definition) is 1. The first-order chi connectivity index (χ1) is 14.1. The summed E-state index contributed by atoms with van der Waals surface area (Å²) >= 11 is 0. The van der Waals surface area contributed by atoms with E-state index in [0.29, 0.717) is 26.2 Å². The Labute approximate surface area is 179 Å². The highest BCUT2D eigenvalue weighted by Crippen LogP contribution is 2.23. The van der Waals surface area contributed by atoms with Gasteiger partial charge in [0.05, 0.1) is 12.3 Å². The summed E-state index contributed by atoms with van der Waals surface area (Å²) in [5.74, 6) is -0.0714. The van der Waals surface area contributed by atoms with E-state index in [4.69, 9.17) is 0 Å². The van der Waals surface area contributed by atoms with Crippen LogP contribution in [0.25, 0.3) is 0 Å². The summed E-state index contributed by atoms with van der Waals surface area (Å²) in [4.78, 5) is 14.4. The van der Waals surface area contributed by atoms with E-state index in [1.807, 2.05) is 59.5 Å². The molecule has 1 heterocycles. The van der Waals surface area contributed by atoms with Gasteiger partial charge in [-0.2, -0.15) is 4.31 Å². The fourth-order valence-corrected chi connectivity index (χ4v) is 5.02. The van der Waals surface area contributed by atoms with Crippen LogP contribution in [0, 0.1) is 0 Å². The maximum atomic E-state index is 12.7. The largest absolute Gasteiger partial charge is 0.325 e. The minimum absolute atomic E-state index is 0.0128. The van der Waals surface area contributed by atoms with Crippen LogP contribution >= 0.6 is 0 Å². The molecule has 0 radical (unpaired) electrons. The van der Waals surface area contributed by atoms with Crippen LogP contribution in [0.4, 0.5) is 5.69 Å². The summed E-state index contributed by atoms with van der Waals surface area (Å²) in [5.41, 5.74) is 2.85. The van der Waals surface area contributed by atoms with Crippen molar-refractivity contribution in [3.63, 3.8) is 0 Å². The van der Waals surface area contributed by atoms with Crippen LogP contribution in [0.2, 0.25) is 0 Å². The Bertz CT molecular complexity index is 943. The summed E-state index contributed by atoms with van der Waals surface area (Å²) in [6.45, 7) is 8.62. The smallest absolute Gasteiger partial charge is 0.238 e. The first-order valence-corrected chi connectivity index (χ1v) is 11.9. The van der Waals surface area contributed by atoms with Crippen LogP contribution in [-0.2, 0) is 26.0 Å².